The number of piperidine rings is 1. The SMILES string of the molecule is O=C(O)[C@H](CC(=O)N1CCC(N2Cc3ccccc3NC2=O)CC1)Cc1cc(Br)c(O)c(Br)c1. The molecule has 1 fully saturated rings. The van der Waals surface area contributed by atoms with Crippen LogP contribution in [0.5, 0.6) is 5.75 Å². The molecule has 0 aliphatic carbocycles. The summed E-state index contributed by atoms with van der Waals surface area (Å²) in [6.07, 6.45) is 1.36. The van der Waals surface area contributed by atoms with Gasteiger partial charge in [0, 0.05) is 37.8 Å². The summed E-state index contributed by atoms with van der Waals surface area (Å²) in [5.41, 5.74) is 2.60. The Morgan fingerprint density at radius 2 is 1.76 bits per heavy atom. The number of urea groups is 1. The molecule has 0 radical (unpaired) electrons. The molecule has 34 heavy (non-hydrogen) atoms. The van der Waals surface area contributed by atoms with Gasteiger partial charge in [0.1, 0.15) is 5.75 Å². The van der Waals surface area contributed by atoms with Crippen LogP contribution in [0.1, 0.15) is 30.4 Å². The van der Waals surface area contributed by atoms with Gasteiger partial charge in [0.05, 0.1) is 14.9 Å². The molecule has 0 unspecified atom stereocenters. The molecule has 180 valence electrons. The minimum absolute atomic E-state index is 0.0272. The molecule has 8 nitrogen and oxygen atoms in total. The predicted molar refractivity (Wildman–Crippen MR) is 134 cm³/mol. The van der Waals surface area contributed by atoms with E-state index in [1.165, 1.54) is 0 Å². The van der Waals surface area contributed by atoms with E-state index in [0.29, 0.717) is 47.0 Å². The first kappa shape index (κ1) is 24.5. The second-order valence-corrected chi connectivity index (χ2v) is 10.4. The Hall–Kier alpha value is -2.59. The second kappa shape index (κ2) is 10.4. The maximum absolute atomic E-state index is 12.9. The number of phenolic OH excluding ortho intramolecular Hbond substituents is 1. The number of nitrogens with zero attached hydrogens (tertiary/aromatic N) is 2. The highest BCUT2D eigenvalue weighted by atomic mass is 79.9. The van der Waals surface area contributed by atoms with Gasteiger partial charge in [0.15, 0.2) is 0 Å². The maximum atomic E-state index is 12.9. The zero-order valence-electron chi connectivity index (χ0n) is 18.3. The van der Waals surface area contributed by atoms with Crippen LogP contribution in [0, 0.1) is 5.92 Å². The van der Waals surface area contributed by atoms with Crippen LogP contribution in [-0.4, -0.2) is 57.1 Å². The minimum Gasteiger partial charge on any atom is -0.506 e. The van der Waals surface area contributed by atoms with Crippen molar-refractivity contribution in [3.63, 3.8) is 0 Å². The fourth-order valence-corrected chi connectivity index (χ4v) is 5.83. The Balaban J connectivity index is 1.34. The van der Waals surface area contributed by atoms with E-state index in [2.05, 4.69) is 37.2 Å². The molecule has 3 N–H and O–H groups in total. The van der Waals surface area contributed by atoms with Crippen molar-refractivity contribution >= 4 is 55.5 Å². The number of nitrogens with one attached hydrogen (secondary N) is 1. The lowest BCUT2D eigenvalue weighted by Gasteiger charge is -2.40. The number of hydrogen-bond donors (Lipinski definition) is 3. The Kier molecular flexibility index (Phi) is 7.47. The van der Waals surface area contributed by atoms with Gasteiger partial charge in [-0.15, -0.1) is 0 Å². The summed E-state index contributed by atoms with van der Waals surface area (Å²) in [7, 11) is 0. The van der Waals surface area contributed by atoms with Crippen molar-refractivity contribution in [1.82, 2.24) is 9.80 Å². The first-order valence-corrected chi connectivity index (χ1v) is 12.6. The van der Waals surface area contributed by atoms with Gasteiger partial charge in [-0.2, -0.15) is 0 Å². The maximum Gasteiger partial charge on any atom is 0.322 e. The number of halogens is 2. The lowest BCUT2D eigenvalue weighted by Crippen LogP contribution is -2.51. The lowest BCUT2D eigenvalue weighted by atomic mass is 9.94. The molecular formula is C24H25Br2N3O5. The molecule has 2 heterocycles. The number of aliphatic carboxylic acids is 1. The van der Waals surface area contributed by atoms with Gasteiger partial charge < -0.3 is 25.3 Å². The summed E-state index contributed by atoms with van der Waals surface area (Å²) in [6.45, 7) is 1.51. The zero-order valence-corrected chi connectivity index (χ0v) is 21.5. The van der Waals surface area contributed by atoms with Gasteiger partial charge in [-0.05, 0) is 80.4 Å². The predicted octanol–water partition coefficient (Wildman–Crippen LogP) is 4.59. The van der Waals surface area contributed by atoms with E-state index in [1.807, 2.05) is 29.2 Å². The van der Waals surface area contributed by atoms with Crippen LogP contribution in [0.15, 0.2) is 45.3 Å². The smallest absolute Gasteiger partial charge is 0.322 e. The van der Waals surface area contributed by atoms with Crippen molar-refractivity contribution in [2.75, 3.05) is 18.4 Å². The highest BCUT2D eigenvalue weighted by molar-refractivity contribution is 9.11. The van der Waals surface area contributed by atoms with Gasteiger partial charge in [0.2, 0.25) is 5.91 Å². The molecule has 0 spiro atoms. The van der Waals surface area contributed by atoms with E-state index in [-0.39, 0.29) is 36.6 Å². The summed E-state index contributed by atoms with van der Waals surface area (Å²) >= 11 is 6.51. The number of likely N-dealkylation sites (tertiary alicyclic amines) is 1. The average molecular weight is 595 g/mol. The van der Waals surface area contributed by atoms with Crippen LogP contribution >= 0.6 is 31.9 Å². The molecule has 4 rings (SSSR count). The van der Waals surface area contributed by atoms with Crippen molar-refractivity contribution in [2.24, 2.45) is 5.92 Å². The standard InChI is InChI=1S/C24H25Br2N3O5/c25-18-10-14(11-19(26)22(18)31)9-16(23(32)33)12-21(30)28-7-5-17(6-8-28)29-13-15-3-1-2-4-20(15)27-24(29)34/h1-4,10-11,16-17,31H,5-9,12-13H2,(H,27,34)(H,32,33)/t16-/m0/s1. The molecule has 2 aliphatic heterocycles. The molecule has 1 saturated heterocycles. The van der Waals surface area contributed by atoms with E-state index in [4.69, 9.17) is 0 Å². The zero-order chi connectivity index (χ0) is 24.4. The van der Waals surface area contributed by atoms with Gasteiger partial charge in [0.25, 0.3) is 0 Å². The summed E-state index contributed by atoms with van der Waals surface area (Å²) in [4.78, 5) is 40.9. The Labute approximate surface area is 214 Å². The fraction of sp³-hybridized carbons (Fsp3) is 0.375. The largest absolute Gasteiger partial charge is 0.506 e. The summed E-state index contributed by atoms with van der Waals surface area (Å²) < 4.78 is 0.914. The molecule has 2 aliphatic rings. The molecule has 2 aromatic rings. The molecular weight excluding hydrogens is 570 g/mol. The van der Waals surface area contributed by atoms with Crippen molar-refractivity contribution in [1.29, 1.82) is 0 Å². The average Bonchev–Trinajstić information content (AvgIpc) is 2.81. The Morgan fingerprint density at radius 1 is 1.12 bits per heavy atom. The van der Waals surface area contributed by atoms with Crippen LogP contribution in [0.2, 0.25) is 0 Å². The number of carbonyl (C=O) groups is 3. The number of carboxylic acids is 1. The molecule has 0 aromatic heterocycles. The monoisotopic (exact) mass is 593 g/mol. The summed E-state index contributed by atoms with van der Waals surface area (Å²) in [5, 5.41) is 22.5. The van der Waals surface area contributed by atoms with Crippen LogP contribution in [0.3, 0.4) is 0 Å². The summed E-state index contributed by atoms with van der Waals surface area (Å²) in [5.74, 6) is -2.07. The van der Waals surface area contributed by atoms with E-state index in [1.54, 1.807) is 17.0 Å². The number of phenols is 1. The number of carboxylic acid groups (broad SMARTS) is 1. The van der Waals surface area contributed by atoms with E-state index in [0.717, 1.165) is 11.3 Å². The molecule has 10 heteroatoms. The third-order valence-corrected chi connectivity index (χ3v) is 7.66. The van der Waals surface area contributed by atoms with Crippen LogP contribution in [0.4, 0.5) is 10.5 Å². The number of fused-ring (bicyclic) bond motifs is 1. The van der Waals surface area contributed by atoms with Crippen molar-refractivity contribution in [3.8, 4) is 5.75 Å². The third kappa shape index (κ3) is 5.38. The van der Waals surface area contributed by atoms with Gasteiger partial charge >= 0.3 is 12.0 Å². The van der Waals surface area contributed by atoms with Gasteiger partial charge in [-0.1, -0.05) is 18.2 Å². The third-order valence-electron chi connectivity index (χ3n) is 6.45. The first-order valence-electron chi connectivity index (χ1n) is 11.1. The van der Waals surface area contributed by atoms with E-state index < -0.39 is 11.9 Å². The molecule has 2 aromatic carbocycles. The van der Waals surface area contributed by atoms with Crippen LogP contribution in [0.25, 0.3) is 0 Å². The lowest BCUT2D eigenvalue weighted by molar-refractivity contribution is -0.146. The van der Waals surface area contributed by atoms with Crippen molar-refractivity contribution < 1.29 is 24.6 Å². The molecule has 0 bridgehead atoms. The normalized spacial score (nSPS) is 17.2. The number of para-hydroxylation sites is 1. The number of hydrogen-bond acceptors (Lipinski definition) is 4. The van der Waals surface area contributed by atoms with Gasteiger partial charge in [-0.3, -0.25) is 9.59 Å². The van der Waals surface area contributed by atoms with E-state index >= 15 is 0 Å². The number of amides is 3. The number of rotatable bonds is 6. The minimum atomic E-state index is -1.03. The number of aromatic hydroxyl groups is 1. The molecule has 3 amide bonds. The van der Waals surface area contributed by atoms with Crippen molar-refractivity contribution in [3.05, 3.63) is 56.5 Å². The number of carbonyl (C=O) groups excluding carboxylic acids is 2. The first-order chi connectivity index (χ1) is 16.2. The number of benzene rings is 2. The highest BCUT2D eigenvalue weighted by Crippen LogP contribution is 2.34. The number of anilines is 1. The van der Waals surface area contributed by atoms with Crippen LogP contribution in [-0.2, 0) is 22.6 Å². The topological polar surface area (TPSA) is 110 Å². The van der Waals surface area contributed by atoms with Crippen molar-refractivity contribution in [2.45, 2.75) is 38.3 Å². The van der Waals surface area contributed by atoms with Crippen LogP contribution < -0.4 is 5.32 Å². The fourth-order valence-electron chi connectivity index (χ4n) is 4.55. The quantitative estimate of drug-likeness (QED) is 0.453. The molecule has 1 atom stereocenters. The molecule has 0 saturated carbocycles. The second-order valence-electron chi connectivity index (χ2n) is 8.68. The van der Waals surface area contributed by atoms with Gasteiger partial charge in [-0.25, -0.2) is 4.79 Å². The Bertz CT molecular complexity index is 1090. The Morgan fingerprint density at radius 3 is 2.41 bits per heavy atom. The highest BCUT2D eigenvalue weighted by Gasteiger charge is 2.33. The summed E-state index contributed by atoms with van der Waals surface area (Å²) in [6, 6.07) is 11.0. The van der Waals surface area contributed by atoms with E-state index in [9.17, 15) is 24.6 Å².